The molecule has 0 aliphatic carbocycles. The van der Waals surface area contributed by atoms with E-state index >= 15 is 0 Å². The number of carbonyl (C=O) groups is 1. The quantitative estimate of drug-likeness (QED) is 0.278. The van der Waals surface area contributed by atoms with Crippen LogP contribution in [-0.4, -0.2) is 49.0 Å². The number of aryl methyl sites for hydroxylation is 1. The zero-order chi connectivity index (χ0) is 18.1. The number of rotatable bonds is 7. The maximum atomic E-state index is 12.1. The van der Waals surface area contributed by atoms with Crippen LogP contribution in [0.1, 0.15) is 39.2 Å². The van der Waals surface area contributed by atoms with Crippen LogP contribution in [0.3, 0.4) is 0 Å². The van der Waals surface area contributed by atoms with Crippen molar-refractivity contribution in [3.63, 3.8) is 0 Å². The number of hydrogen-bond acceptors (Lipinski definition) is 2. The van der Waals surface area contributed by atoms with Crippen LogP contribution in [-0.2, 0) is 11.2 Å². The third-order valence-corrected chi connectivity index (χ3v) is 4.42. The maximum Gasteiger partial charge on any atom is 0.225 e. The van der Waals surface area contributed by atoms with Crippen molar-refractivity contribution in [2.75, 3.05) is 26.2 Å². The summed E-state index contributed by atoms with van der Waals surface area (Å²) in [5.41, 5.74) is 1.36. The first-order chi connectivity index (χ1) is 12.1. The number of aliphatic imine (C=N–C) groups is 1. The van der Waals surface area contributed by atoms with Gasteiger partial charge in [0.05, 0.1) is 0 Å². The zero-order valence-electron chi connectivity index (χ0n) is 16.2. The molecule has 0 spiro atoms. The van der Waals surface area contributed by atoms with E-state index in [1.807, 2.05) is 24.8 Å². The summed E-state index contributed by atoms with van der Waals surface area (Å²) in [5.74, 6) is 1.17. The lowest BCUT2D eigenvalue weighted by Gasteiger charge is -2.20. The number of hydrogen-bond donors (Lipinski definition) is 2. The molecule has 2 N–H and O–H groups in total. The van der Waals surface area contributed by atoms with Crippen LogP contribution in [0.2, 0.25) is 0 Å². The fraction of sp³-hybridized carbons (Fsp3) is 0.600. The molecule has 1 amide bonds. The lowest BCUT2D eigenvalue weighted by molar-refractivity contribution is -0.133. The molecule has 5 nitrogen and oxygen atoms in total. The van der Waals surface area contributed by atoms with Gasteiger partial charge in [0.1, 0.15) is 0 Å². The normalized spacial score (nSPS) is 17.2. The van der Waals surface area contributed by atoms with E-state index in [9.17, 15) is 4.79 Å². The van der Waals surface area contributed by atoms with Crippen molar-refractivity contribution in [2.45, 2.75) is 46.1 Å². The second kappa shape index (κ2) is 12.1. The molecule has 1 aromatic rings. The van der Waals surface area contributed by atoms with Gasteiger partial charge in [-0.05, 0) is 31.7 Å². The first-order valence-electron chi connectivity index (χ1n) is 9.47. The van der Waals surface area contributed by atoms with E-state index in [2.05, 4.69) is 46.8 Å². The highest BCUT2D eigenvalue weighted by Crippen LogP contribution is 2.12. The zero-order valence-corrected chi connectivity index (χ0v) is 18.5. The van der Waals surface area contributed by atoms with E-state index in [1.165, 1.54) is 5.56 Å². The third-order valence-electron chi connectivity index (χ3n) is 4.42. The molecule has 6 heteroatoms. The fourth-order valence-corrected chi connectivity index (χ4v) is 3.08. The van der Waals surface area contributed by atoms with Gasteiger partial charge >= 0.3 is 0 Å². The van der Waals surface area contributed by atoms with Crippen molar-refractivity contribution in [1.29, 1.82) is 0 Å². The molecule has 146 valence electrons. The smallest absolute Gasteiger partial charge is 0.225 e. The Labute approximate surface area is 175 Å². The molecule has 0 bridgehead atoms. The van der Waals surface area contributed by atoms with E-state index in [0.717, 1.165) is 51.4 Å². The minimum absolute atomic E-state index is 0. The summed E-state index contributed by atoms with van der Waals surface area (Å²) >= 11 is 0. The van der Waals surface area contributed by atoms with Gasteiger partial charge in [0.25, 0.3) is 0 Å². The molecule has 1 aromatic carbocycles. The Morgan fingerprint density at radius 3 is 2.69 bits per heavy atom. The minimum atomic E-state index is 0. The molecule has 1 saturated heterocycles. The van der Waals surface area contributed by atoms with E-state index in [-0.39, 0.29) is 41.8 Å². The van der Waals surface area contributed by atoms with Crippen LogP contribution >= 0.6 is 24.0 Å². The van der Waals surface area contributed by atoms with E-state index in [4.69, 9.17) is 0 Å². The van der Waals surface area contributed by atoms with Gasteiger partial charge in [0.15, 0.2) is 5.96 Å². The number of amides is 1. The lowest BCUT2D eigenvalue weighted by Crippen LogP contribution is -2.45. The molecule has 1 heterocycles. The first-order valence-corrected chi connectivity index (χ1v) is 9.47. The molecule has 0 radical (unpaired) electrons. The average molecular weight is 472 g/mol. The minimum Gasteiger partial charge on any atom is -0.357 e. The molecule has 2 rings (SSSR count). The summed E-state index contributed by atoms with van der Waals surface area (Å²) in [5, 5.41) is 6.79. The van der Waals surface area contributed by atoms with Crippen LogP contribution in [0, 0.1) is 5.92 Å². The molecule has 0 aromatic heterocycles. The number of likely N-dealkylation sites (tertiary alicyclic amines) is 1. The van der Waals surface area contributed by atoms with Gasteiger partial charge in [-0.2, -0.15) is 0 Å². The fourth-order valence-electron chi connectivity index (χ4n) is 3.08. The van der Waals surface area contributed by atoms with E-state index in [0.29, 0.717) is 0 Å². The second-order valence-corrected chi connectivity index (χ2v) is 6.92. The van der Waals surface area contributed by atoms with Crippen molar-refractivity contribution in [3.05, 3.63) is 35.9 Å². The van der Waals surface area contributed by atoms with E-state index < -0.39 is 0 Å². The Morgan fingerprint density at radius 1 is 1.31 bits per heavy atom. The molecule has 26 heavy (non-hydrogen) atoms. The molecule has 1 fully saturated rings. The number of nitrogens with one attached hydrogen (secondary N) is 2. The average Bonchev–Trinajstić information content (AvgIpc) is 3.07. The number of carbonyl (C=O) groups excluding carboxylic acids is 1. The monoisotopic (exact) mass is 472 g/mol. The van der Waals surface area contributed by atoms with E-state index in [1.54, 1.807) is 0 Å². The molecule has 1 aliphatic heterocycles. The molecule has 1 aliphatic rings. The first kappa shape index (κ1) is 22.7. The molecular weight excluding hydrogens is 439 g/mol. The van der Waals surface area contributed by atoms with Gasteiger partial charge < -0.3 is 15.5 Å². The Balaban J connectivity index is 0.00000338. The van der Waals surface area contributed by atoms with Crippen molar-refractivity contribution in [1.82, 2.24) is 15.5 Å². The van der Waals surface area contributed by atoms with Crippen LogP contribution in [0.15, 0.2) is 35.3 Å². The highest BCUT2D eigenvalue weighted by atomic mass is 127. The van der Waals surface area contributed by atoms with Crippen LogP contribution < -0.4 is 10.6 Å². The van der Waals surface area contributed by atoms with Gasteiger partial charge in [-0.15, -0.1) is 24.0 Å². The van der Waals surface area contributed by atoms with Gasteiger partial charge in [0, 0.05) is 38.1 Å². The summed E-state index contributed by atoms with van der Waals surface area (Å²) in [6.07, 6.45) is 3.06. The highest BCUT2D eigenvalue weighted by molar-refractivity contribution is 14.0. The molecule has 0 saturated carbocycles. The number of nitrogens with zero attached hydrogens (tertiary/aromatic N) is 2. The number of benzene rings is 1. The Hall–Kier alpha value is -1.31. The van der Waals surface area contributed by atoms with Crippen LogP contribution in [0.25, 0.3) is 0 Å². The Kier molecular flexibility index (Phi) is 10.6. The molecular formula is C20H33IN4O. The summed E-state index contributed by atoms with van der Waals surface area (Å²) in [7, 11) is 0. The van der Waals surface area contributed by atoms with Crippen molar-refractivity contribution < 1.29 is 4.79 Å². The van der Waals surface area contributed by atoms with Crippen molar-refractivity contribution in [3.8, 4) is 0 Å². The lowest BCUT2D eigenvalue weighted by atomic mass is 10.1. The predicted octanol–water partition coefficient (Wildman–Crippen LogP) is 3.05. The summed E-state index contributed by atoms with van der Waals surface area (Å²) in [6.45, 7) is 9.23. The number of guanidine groups is 1. The van der Waals surface area contributed by atoms with Gasteiger partial charge in [-0.25, -0.2) is 0 Å². The molecule has 1 atom stereocenters. The van der Waals surface area contributed by atoms with Crippen LogP contribution in [0.5, 0.6) is 0 Å². The number of halogens is 1. The van der Waals surface area contributed by atoms with Gasteiger partial charge in [-0.1, -0.05) is 44.2 Å². The summed E-state index contributed by atoms with van der Waals surface area (Å²) in [4.78, 5) is 18.7. The van der Waals surface area contributed by atoms with Crippen molar-refractivity contribution in [2.24, 2.45) is 10.9 Å². The topological polar surface area (TPSA) is 56.7 Å². The van der Waals surface area contributed by atoms with Crippen LogP contribution in [0.4, 0.5) is 0 Å². The predicted molar refractivity (Wildman–Crippen MR) is 119 cm³/mol. The Bertz CT molecular complexity index is 562. The molecule has 1 unspecified atom stereocenters. The Morgan fingerprint density at radius 2 is 2.04 bits per heavy atom. The van der Waals surface area contributed by atoms with Crippen molar-refractivity contribution >= 4 is 35.8 Å². The second-order valence-electron chi connectivity index (χ2n) is 6.92. The standard InChI is InChI=1S/C20H32N4O.HI/c1-4-21-20(22-13-8-11-17-9-6-5-7-10-17)23-18-12-14-24(15-18)19(25)16(2)3;/h5-7,9-10,16,18H,4,8,11-15H2,1-3H3,(H2,21,22,23);1H. The SMILES string of the molecule is CCNC(=NCCCc1ccccc1)NC1CCN(C(=O)C(C)C)C1.I. The van der Waals surface area contributed by atoms with Gasteiger partial charge in [-0.3, -0.25) is 9.79 Å². The van der Waals surface area contributed by atoms with Gasteiger partial charge in [0.2, 0.25) is 5.91 Å². The third kappa shape index (κ3) is 7.51. The highest BCUT2D eigenvalue weighted by Gasteiger charge is 2.27. The largest absolute Gasteiger partial charge is 0.357 e. The summed E-state index contributed by atoms with van der Waals surface area (Å²) in [6, 6.07) is 10.8. The maximum absolute atomic E-state index is 12.1. The summed E-state index contributed by atoms with van der Waals surface area (Å²) < 4.78 is 0.